The fourth-order valence-electron chi connectivity index (χ4n) is 0.720. The van der Waals surface area contributed by atoms with Crippen molar-refractivity contribution in [2.75, 3.05) is 6.54 Å². The van der Waals surface area contributed by atoms with Crippen LogP contribution < -0.4 is 22.2 Å². The van der Waals surface area contributed by atoms with E-state index in [4.69, 9.17) is 27.4 Å². The second-order valence-corrected chi connectivity index (χ2v) is 2.60. The van der Waals surface area contributed by atoms with Crippen molar-refractivity contribution in [3.63, 3.8) is 0 Å². The Morgan fingerprint density at radius 3 is 2.33 bits per heavy atom. The number of nitrogens with one attached hydrogen (secondary N) is 1. The van der Waals surface area contributed by atoms with Crippen LogP contribution in [0.25, 0.3) is 0 Å². The first-order valence-corrected chi connectivity index (χ1v) is 3.77. The minimum absolute atomic E-state index is 0.160. The Morgan fingerprint density at radius 1 is 1.33 bits per heavy atom. The fraction of sp³-hybridized carbons (Fsp3) is 0.833. The third kappa shape index (κ3) is 5.90. The average molecular weight is 177 g/mol. The molecule has 6 heteroatoms. The largest absolute Gasteiger partial charge is 0.367 e. The molecule has 0 aromatic carbocycles. The highest BCUT2D eigenvalue weighted by Crippen LogP contribution is 1.94. The average Bonchev–Trinajstić information content (AvgIpc) is 1.97. The van der Waals surface area contributed by atoms with Gasteiger partial charge in [-0.2, -0.15) is 0 Å². The van der Waals surface area contributed by atoms with Crippen LogP contribution in [-0.4, -0.2) is 35.0 Å². The van der Waals surface area contributed by atoms with Gasteiger partial charge >= 0.3 is 5.96 Å². The van der Waals surface area contributed by atoms with Crippen molar-refractivity contribution in [1.82, 2.24) is 0 Å². The summed E-state index contributed by atoms with van der Waals surface area (Å²) in [4.78, 5) is 2.69. The van der Waals surface area contributed by atoms with Gasteiger partial charge in [0, 0.05) is 0 Å². The molecular weight excluding hydrogens is 160 g/mol. The summed E-state index contributed by atoms with van der Waals surface area (Å²) in [5, 5.41) is 17.2. The van der Waals surface area contributed by atoms with Gasteiger partial charge in [-0.05, 0) is 12.8 Å². The summed E-state index contributed by atoms with van der Waals surface area (Å²) in [6.45, 7) is 0.586. The molecule has 0 aliphatic heterocycles. The van der Waals surface area contributed by atoms with Gasteiger partial charge in [-0.25, -0.2) is 0 Å². The maximum atomic E-state index is 8.58. The second kappa shape index (κ2) is 5.76. The van der Waals surface area contributed by atoms with Gasteiger partial charge in [0.2, 0.25) is 0 Å². The first-order valence-electron chi connectivity index (χ1n) is 3.77. The molecule has 0 spiro atoms. The zero-order valence-electron chi connectivity index (χ0n) is 6.90. The first kappa shape index (κ1) is 11.2. The summed E-state index contributed by atoms with van der Waals surface area (Å²) >= 11 is 0. The van der Waals surface area contributed by atoms with Crippen molar-refractivity contribution < 1.29 is 15.2 Å². The van der Waals surface area contributed by atoms with E-state index in [9.17, 15) is 0 Å². The van der Waals surface area contributed by atoms with Crippen molar-refractivity contribution in [2.24, 2.45) is 17.2 Å². The third-order valence-electron chi connectivity index (χ3n) is 1.43. The van der Waals surface area contributed by atoms with Crippen LogP contribution in [0.4, 0.5) is 0 Å². The predicted octanol–water partition coefficient (Wildman–Crippen LogP) is -4.24. The normalized spacial score (nSPS) is 13.0. The number of guanidine groups is 1. The van der Waals surface area contributed by atoms with E-state index in [0.717, 1.165) is 0 Å². The molecule has 1 atom stereocenters. The Bertz CT molecular complexity index is 144. The number of aliphatic hydroxyl groups is 2. The van der Waals surface area contributed by atoms with Crippen molar-refractivity contribution in [2.45, 2.75) is 25.2 Å². The summed E-state index contributed by atoms with van der Waals surface area (Å²) in [7, 11) is 0. The molecule has 0 unspecified atom stereocenters. The lowest BCUT2D eigenvalue weighted by atomic mass is 10.1. The molecule has 0 saturated carbocycles. The monoisotopic (exact) mass is 177 g/mol. The highest BCUT2D eigenvalue weighted by molar-refractivity contribution is 5.69. The van der Waals surface area contributed by atoms with Gasteiger partial charge in [0.05, 0.1) is 12.6 Å². The van der Waals surface area contributed by atoms with Crippen LogP contribution in [0.5, 0.6) is 0 Å². The summed E-state index contributed by atoms with van der Waals surface area (Å²) in [5.74, 6) is 0.160. The van der Waals surface area contributed by atoms with E-state index in [1.54, 1.807) is 0 Å². The van der Waals surface area contributed by atoms with Crippen molar-refractivity contribution in [3.8, 4) is 0 Å². The smallest absolute Gasteiger partial charge is 0.338 e. The van der Waals surface area contributed by atoms with Gasteiger partial charge in [0.1, 0.15) is 0 Å². The highest BCUT2D eigenvalue weighted by Gasteiger charge is 2.09. The van der Waals surface area contributed by atoms with Crippen LogP contribution in [-0.2, 0) is 0 Å². The van der Waals surface area contributed by atoms with Gasteiger partial charge in [-0.3, -0.25) is 16.5 Å². The predicted molar refractivity (Wildman–Crippen MR) is 44.6 cm³/mol. The van der Waals surface area contributed by atoms with Crippen LogP contribution in [0.15, 0.2) is 0 Å². The second-order valence-electron chi connectivity index (χ2n) is 2.60. The molecule has 12 heavy (non-hydrogen) atoms. The zero-order chi connectivity index (χ0) is 9.56. The lowest BCUT2D eigenvalue weighted by Crippen LogP contribution is -2.78. The topological polar surface area (TPSA) is 132 Å². The Morgan fingerprint density at radius 2 is 1.92 bits per heavy atom. The molecule has 72 valence electrons. The molecule has 0 aliphatic carbocycles. The van der Waals surface area contributed by atoms with E-state index in [2.05, 4.69) is 4.99 Å². The number of nitrogens with two attached hydrogens (primary N) is 3. The number of aliphatic hydroxyl groups excluding tert-OH is 1. The molecule has 0 aromatic heterocycles. The van der Waals surface area contributed by atoms with Gasteiger partial charge in [0.15, 0.2) is 6.29 Å². The molecule has 0 rings (SSSR count). The summed E-state index contributed by atoms with van der Waals surface area (Å²) in [6, 6.07) is -0.606. The Balaban J connectivity index is 3.38. The lowest BCUT2D eigenvalue weighted by molar-refractivity contribution is -0.459. The number of hydrogen-bond acceptors (Lipinski definition) is 3. The zero-order valence-corrected chi connectivity index (χ0v) is 6.90. The summed E-state index contributed by atoms with van der Waals surface area (Å²) in [5.41, 5.74) is 15.6. The van der Waals surface area contributed by atoms with E-state index in [-0.39, 0.29) is 5.96 Å². The van der Waals surface area contributed by atoms with E-state index in [1.165, 1.54) is 0 Å². The number of rotatable bonds is 5. The van der Waals surface area contributed by atoms with Crippen molar-refractivity contribution in [3.05, 3.63) is 0 Å². The van der Waals surface area contributed by atoms with Crippen LogP contribution in [0.3, 0.4) is 0 Å². The maximum Gasteiger partial charge on any atom is 0.338 e. The van der Waals surface area contributed by atoms with Crippen LogP contribution >= 0.6 is 0 Å². The molecule has 0 radical (unpaired) electrons. The SMILES string of the molecule is NC(N)=[NH+]CCC[C@H](N)C(O)O. The molecule has 0 aromatic rings. The van der Waals surface area contributed by atoms with Crippen LogP contribution in [0, 0.1) is 0 Å². The minimum atomic E-state index is -1.45. The molecule has 0 aliphatic rings. The molecule has 0 saturated heterocycles. The Hall–Kier alpha value is -0.850. The quantitative estimate of drug-likeness (QED) is 0.109. The molecule has 6 nitrogen and oxygen atoms in total. The van der Waals surface area contributed by atoms with Crippen molar-refractivity contribution in [1.29, 1.82) is 0 Å². The lowest BCUT2D eigenvalue weighted by Gasteiger charge is -2.11. The Labute approximate surface area is 71.1 Å². The number of hydrogen-bond donors (Lipinski definition) is 6. The summed E-state index contributed by atoms with van der Waals surface area (Å²) < 4.78 is 0. The van der Waals surface area contributed by atoms with Gasteiger partial charge < -0.3 is 15.9 Å². The highest BCUT2D eigenvalue weighted by atomic mass is 16.5. The molecule has 0 amide bonds. The van der Waals surface area contributed by atoms with Gasteiger partial charge in [-0.1, -0.05) is 0 Å². The standard InChI is InChI=1S/C6H16N4O2/c7-4(5(11)12)2-1-3-10-6(8)9/h4-5,11-12H,1-3,7H2,(H4,8,9,10)/p+1/t4-/m0/s1. The van der Waals surface area contributed by atoms with Crippen LogP contribution in [0.2, 0.25) is 0 Å². The van der Waals surface area contributed by atoms with E-state index in [0.29, 0.717) is 19.4 Å². The van der Waals surface area contributed by atoms with Crippen LogP contribution in [0.1, 0.15) is 12.8 Å². The molecule has 9 N–H and O–H groups in total. The first-order chi connectivity index (χ1) is 5.54. The maximum absolute atomic E-state index is 8.58. The van der Waals surface area contributed by atoms with E-state index >= 15 is 0 Å². The minimum Gasteiger partial charge on any atom is -0.367 e. The van der Waals surface area contributed by atoms with Gasteiger partial charge in [-0.15, -0.1) is 0 Å². The van der Waals surface area contributed by atoms with Gasteiger partial charge in [0.25, 0.3) is 0 Å². The third-order valence-corrected chi connectivity index (χ3v) is 1.43. The Kier molecular flexibility index (Phi) is 5.35. The molecule has 0 fully saturated rings. The molecule has 0 heterocycles. The van der Waals surface area contributed by atoms with E-state index < -0.39 is 12.3 Å². The van der Waals surface area contributed by atoms with E-state index in [1.807, 2.05) is 0 Å². The van der Waals surface area contributed by atoms with Crippen molar-refractivity contribution >= 4 is 5.96 Å². The molecular formula is C6H17N4O2+. The fourth-order valence-corrected chi connectivity index (χ4v) is 0.720. The summed E-state index contributed by atoms with van der Waals surface area (Å²) in [6.07, 6.45) is -0.251. The molecule has 0 bridgehead atoms.